The number of carbonyl (C=O) groups is 1. The topological polar surface area (TPSA) is 75.4 Å². The number of rotatable bonds is 5. The molecule has 0 N–H and O–H groups in total. The van der Waals surface area contributed by atoms with E-state index in [9.17, 15) is 4.79 Å². The lowest BCUT2D eigenvalue weighted by atomic mass is 9.86. The lowest BCUT2D eigenvalue weighted by Crippen LogP contribution is -2.33. The number of aryl methyl sites for hydroxylation is 1. The largest absolute Gasteiger partial charge is 0.356 e. The molecule has 2 aromatic heterocycles. The third-order valence-corrected chi connectivity index (χ3v) is 6.68. The smallest absolute Gasteiger partial charge is 0.225 e. The number of amides is 1. The second-order valence-electron chi connectivity index (χ2n) is 9.04. The second-order valence-corrected chi connectivity index (χ2v) is 9.04. The fourth-order valence-corrected chi connectivity index (χ4v) is 4.80. The van der Waals surface area contributed by atoms with E-state index in [1.807, 2.05) is 39.0 Å². The minimum atomic E-state index is -0.0393. The molecule has 2 aliphatic rings. The zero-order valence-electron chi connectivity index (χ0n) is 18.6. The minimum absolute atomic E-state index is 0.0393. The number of carbonyl (C=O) groups excluding carboxylic acids is 1. The van der Waals surface area contributed by atoms with Gasteiger partial charge in [-0.1, -0.05) is 24.4 Å². The van der Waals surface area contributed by atoms with Gasteiger partial charge in [-0.05, 0) is 45.4 Å². The van der Waals surface area contributed by atoms with Crippen molar-refractivity contribution in [2.45, 2.75) is 71.3 Å². The van der Waals surface area contributed by atoms with Crippen molar-refractivity contribution in [2.75, 3.05) is 25.5 Å². The van der Waals surface area contributed by atoms with Crippen molar-refractivity contribution in [1.82, 2.24) is 20.0 Å². The standard InChI is InChI=1S/C23H33N5O2/c1-15-16(2)26-30-22(15)18-14-24-23(27(3)4)25-21(18)19-11-8-12-28(19)20(29)13-17-9-6-5-7-10-17/h14,17,19H,5-13H2,1-4H3/t19-/m1/s1. The van der Waals surface area contributed by atoms with Crippen molar-refractivity contribution in [3.05, 3.63) is 23.1 Å². The van der Waals surface area contributed by atoms with Crippen LogP contribution in [-0.4, -0.2) is 46.6 Å². The molecule has 0 bridgehead atoms. The van der Waals surface area contributed by atoms with Crippen LogP contribution in [0.1, 0.15) is 74.4 Å². The first-order valence-corrected chi connectivity index (χ1v) is 11.2. The summed E-state index contributed by atoms with van der Waals surface area (Å²) in [6, 6.07) is -0.0393. The molecule has 1 atom stereocenters. The molecule has 4 rings (SSSR count). The van der Waals surface area contributed by atoms with E-state index in [1.165, 1.54) is 32.1 Å². The van der Waals surface area contributed by atoms with Gasteiger partial charge >= 0.3 is 0 Å². The molecule has 1 aliphatic carbocycles. The lowest BCUT2D eigenvalue weighted by molar-refractivity contribution is -0.133. The van der Waals surface area contributed by atoms with Crippen molar-refractivity contribution in [1.29, 1.82) is 0 Å². The Morgan fingerprint density at radius 2 is 1.93 bits per heavy atom. The lowest BCUT2D eigenvalue weighted by Gasteiger charge is -2.29. The molecule has 7 nitrogen and oxygen atoms in total. The Bertz CT molecular complexity index is 901. The molecule has 3 heterocycles. The number of hydrogen-bond donors (Lipinski definition) is 0. The van der Waals surface area contributed by atoms with Crippen LogP contribution in [0.5, 0.6) is 0 Å². The van der Waals surface area contributed by atoms with Gasteiger partial charge in [-0.3, -0.25) is 4.79 Å². The number of anilines is 1. The van der Waals surface area contributed by atoms with Crippen LogP contribution in [0.4, 0.5) is 5.95 Å². The van der Waals surface area contributed by atoms with Crippen LogP contribution < -0.4 is 4.90 Å². The molecule has 2 aromatic rings. The molecule has 7 heteroatoms. The Labute approximate surface area is 178 Å². The normalized spacial score (nSPS) is 20.0. The molecule has 0 radical (unpaired) electrons. The quantitative estimate of drug-likeness (QED) is 0.724. The summed E-state index contributed by atoms with van der Waals surface area (Å²) in [4.78, 5) is 26.6. The molecule has 0 aromatic carbocycles. The number of hydrogen-bond acceptors (Lipinski definition) is 6. The molecule has 30 heavy (non-hydrogen) atoms. The maximum absolute atomic E-state index is 13.3. The van der Waals surface area contributed by atoms with Crippen LogP contribution in [0.15, 0.2) is 10.7 Å². The van der Waals surface area contributed by atoms with E-state index in [0.717, 1.165) is 41.9 Å². The van der Waals surface area contributed by atoms with Crippen LogP contribution >= 0.6 is 0 Å². The third-order valence-electron chi connectivity index (χ3n) is 6.68. The molecule has 0 spiro atoms. The van der Waals surface area contributed by atoms with Crippen molar-refractivity contribution < 1.29 is 9.32 Å². The van der Waals surface area contributed by atoms with Crippen LogP contribution in [0.25, 0.3) is 11.3 Å². The van der Waals surface area contributed by atoms with Crippen molar-refractivity contribution in [2.24, 2.45) is 5.92 Å². The molecular formula is C23H33N5O2. The summed E-state index contributed by atoms with van der Waals surface area (Å²) in [5.74, 6) is 2.16. The summed E-state index contributed by atoms with van der Waals surface area (Å²) in [7, 11) is 3.87. The van der Waals surface area contributed by atoms with Crippen LogP contribution in [0, 0.1) is 19.8 Å². The first-order valence-electron chi connectivity index (χ1n) is 11.2. The SMILES string of the molecule is Cc1noc(-c2cnc(N(C)C)nc2[C@H]2CCCN2C(=O)CC2CCCCC2)c1C. The molecule has 1 saturated carbocycles. The minimum Gasteiger partial charge on any atom is -0.356 e. The first-order chi connectivity index (χ1) is 14.5. The van der Waals surface area contributed by atoms with Crippen LogP contribution in [0.3, 0.4) is 0 Å². The number of aromatic nitrogens is 3. The highest BCUT2D eigenvalue weighted by Gasteiger charge is 2.35. The van der Waals surface area contributed by atoms with Gasteiger partial charge in [0.15, 0.2) is 5.76 Å². The molecule has 162 valence electrons. The van der Waals surface area contributed by atoms with Gasteiger partial charge < -0.3 is 14.3 Å². The van der Waals surface area contributed by atoms with E-state index >= 15 is 0 Å². The predicted octanol–water partition coefficient (Wildman–Crippen LogP) is 4.45. The number of likely N-dealkylation sites (tertiary alicyclic amines) is 1. The highest BCUT2D eigenvalue weighted by atomic mass is 16.5. The van der Waals surface area contributed by atoms with Gasteiger partial charge in [0.1, 0.15) is 0 Å². The van der Waals surface area contributed by atoms with Gasteiger partial charge in [0.25, 0.3) is 0 Å². The first kappa shape index (κ1) is 20.8. The van der Waals surface area contributed by atoms with E-state index in [4.69, 9.17) is 9.51 Å². The summed E-state index contributed by atoms with van der Waals surface area (Å²) >= 11 is 0. The second kappa shape index (κ2) is 8.74. The summed E-state index contributed by atoms with van der Waals surface area (Å²) in [6.07, 6.45) is 10.6. The zero-order chi connectivity index (χ0) is 21.3. The van der Waals surface area contributed by atoms with Gasteiger partial charge in [0, 0.05) is 38.8 Å². The maximum Gasteiger partial charge on any atom is 0.225 e. The molecular weight excluding hydrogens is 378 g/mol. The Hall–Kier alpha value is -2.44. The highest BCUT2D eigenvalue weighted by Crippen LogP contribution is 2.39. The predicted molar refractivity (Wildman–Crippen MR) is 116 cm³/mol. The fraction of sp³-hybridized carbons (Fsp3) is 0.652. The molecule has 1 saturated heterocycles. The van der Waals surface area contributed by atoms with Gasteiger partial charge in [0.2, 0.25) is 11.9 Å². The third kappa shape index (κ3) is 4.07. The van der Waals surface area contributed by atoms with Crippen molar-refractivity contribution in [3.63, 3.8) is 0 Å². The molecule has 0 unspecified atom stereocenters. The number of nitrogens with zero attached hydrogens (tertiary/aromatic N) is 5. The maximum atomic E-state index is 13.3. The van der Waals surface area contributed by atoms with Gasteiger partial charge in [-0.2, -0.15) is 0 Å². The van der Waals surface area contributed by atoms with E-state index in [-0.39, 0.29) is 11.9 Å². The van der Waals surface area contributed by atoms with E-state index < -0.39 is 0 Å². The molecule has 1 aliphatic heterocycles. The Kier molecular flexibility index (Phi) is 6.06. The molecule has 2 fully saturated rings. The van der Waals surface area contributed by atoms with E-state index in [0.29, 0.717) is 24.0 Å². The summed E-state index contributed by atoms with van der Waals surface area (Å²) < 4.78 is 5.65. The average molecular weight is 412 g/mol. The summed E-state index contributed by atoms with van der Waals surface area (Å²) in [5.41, 5.74) is 3.59. The fourth-order valence-electron chi connectivity index (χ4n) is 4.80. The Balaban J connectivity index is 1.67. The van der Waals surface area contributed by atoms with Gasteiger partial charge in [-0.25, -0.2) is 9.97 Å². The Morgan fingerprint density at radius 1 is 1.17 bits per heavy atom. The summed E-state index contributed by atoms with van der Waals surface area (Å²) in [6.45, 7) is 4.74. The van der Waals surface area contributed by atoms with Crippen molar-refractivity contribution >= 4 is 11.9 Å². The highest BCUT2D eigenvalue weighted by molar-refractivity contribution is 5.78. The van der Waals surface area contributed by atoms with E-state index in [2.05, 4.69) is 15.0 Å². The van der Waals surface area contributed by atoms with E-state index in [1.54, 1.807) is 0 Å². The van der Waals surface area contributed by atoms with Gasteiger partial charge in [0.05, 0.1) is 23.0 Å². The van der Waals surface area contributed by atoms with Crippen molar-refractivity contribution in [3.8, 4) is 11.3 Å². The average Bonchev–Trinajstić information content (AvgIpc) is 3.36. The van der Waals surface area contributed by atoms with Gasteiger partial charge in [-0.15, -0.1) is 0 Å². The zero-order valence-corrected chi connectivity index (χ0v) is 18.6. The Morgan fingerprint density at radius 3 is 2.60 bits per heavy atom. The monoisotopic (exact) mass is 411 g/mol. The molecule has 1 amide bonds. The summed E-state index contributed by atoms with van der Waals surface area (Å²) in [5, 5.41) is 4.13. The van der Waals surface area contributed by atoms with Crippen LogP contribution in [-0.2, 0) is 4.79 Å². The van der Waals surface area contributed by atoms with Crippen LogP contribution in [0.2, 0.25) is 0 Å².